The summed E-state index contributed by atoms with van der Waals surface area (Å²) in [6, 6.07) is 12.1. The van der Waals surface area contributed by atoms with Crippen LogP contribution in [-0.2, 0) is 16.6 Å². The van der Waals surface area contributed by atoms with E-state index in [1.54, 1.807) is 6.07 Å². The van der Waals surface area contributed by atoms with Crippen molar-refractivity contribution in [2.45, 2.75) is 11.4 Å². The van der Waals surface area contributed by atoms with E-state index in [0.717, 1.165) is 5.56 Å². The van der Waals surface area contributed by atoms with Crippen molar-refractivity contribution < 1.29 is 18.3 Å². The molecule has 152 valence electrons. The zero-order valence-electron chi connectivity index (χ0n) is 15.2. The monoisotopic (exact) mass is 444 g/mol. The number of aliphatic hydroxyl groups excluding tert-OH is 1. The average molecular weight is 445 g/mol. The van der Waals surface area contributed by atoms with Crippen LogP contribution >= 0.6 is 23.2 Å². The van der Waals surface area contributed by atoms with Crippen LogP contribution in [0.3, 0.4) is 0 Å². The number of hydrogen-bond donors (Lipinski definition) is 1. The highest BCUT2D eigenvalue weighted by atomic mass is 35.5. The fourth-order valence-corrected chi connectivity index (χ4v) is 5.26. The number of ether oxygens (including phenoxy) is 1. The fraction of sp³-hybridized carbons (Fsp3) is 0.368. The molecule has 0 bridgehead atoms. The van der Waals surface area contributed by atoms with Gasteiger partial charge in [0, 0.05) is 37.7 Å². The Hall–Kier alpha value is -1.35. The molecule has 3 rings (SSSR count). The first-order valence-electron chi connectivity index (χ1n) is 8.90. The van der Waals surface area contributed by atoms with Crippen molar-refractivity contribution in [2.24, 2.45) is 0 Å². The van der Waals surface area contributed by atoms with E-state index < -0.39 is 10.0 Å². The second kappa shape index (κ2) is 9.43. The van der Waals surface area contributed by atoms with Crippen molar-refractivity contribution in [1.29, 1.82) is 0 Å². The summed E-state index contributed by atoms with van der Waals surface area (Å²) in [7, 11) is -3.68. The van der Waals surface area contributed by atoms with Gasteiger partial charge in [0.25, 0.3) is 0 Å². The average Bonchev–Trinajstić information content (AvgIpc) is 2.69. The summed E-state index contributed by atoms with van der Waals surface area (Å²) in [5.74, 6) is 0.711. The quantitative estimate of drug-likeness (QED) is 0.710. The predicted octanol–water partition coefficient (Wildman–Crippen LogP) is 2.87. The number of nitrogens with zero attached hydrogens (tertiary/aromatic N) is 2. The highest BCUT2D eigenvalue weighted by Crippen LogP contribution is 2.28. The summed E-state index contributed by atoms with van der Waals surface area (Å²) >= 11 is 12.0. The molecule has 1 fully saturated rings. The number of piperazine rings is 1. The van der Waals surface area contributed by atoms with Gasteiger partial charge >= 0.3 is 0 Å². The molecule has 0 unspecified atom stereocenters. The molecule has 2 aromatic rings. The zero-order chi connectivity index (χ0) is 20.1. The Morgan fingerprint density at radius 1 is 1.04 bits per heavy atom. The molecule has 1 N–H and O–H groups in total. The van der Waals surface area contributed by atoms with Gasteiger partial charge in [0.1, 0.15) is 17.3 Å². The van der Waals surface area contributed by atoms with E-state index in [4.69, 9.17) is 33.0 Å². The molecule has 6 nitrogen and oxygen atoms in total. The Kier molecular flexibility index (Phi) is 7.20. The van der Waals surface area contributed by atoms with Crippen LogP contribution < -0.4 is 4.74 Å². The van der Waals surface area contributed by atoms with Crippen LogP contribution in [-0.4, -0.2) is 62.1 Å². The summed E-state index contributed by atoms with van der Waals surface area (Å²) in [6.45, 7) is 2.90. The third-order valence-corrected chi connectivity index (χ3v) is 7.12. The second-order valence-electron chi connectivity index (χ2n) is 6.47. The molecule has 1 aliphatic heterocycles. The van der Waals surface area contributed by atoms with Crippen LogP contribution in [0.5, 0.6) is 5.75 Å². The molecule has 28 heavy (non-hydrogen) atoms. The van der Waals surface area contributed by atoms with Crippen LogP contribution in [0.25, 0.3) is 0 Å². The smallest absolute Gasteiger partial charge is 0.244 e. The molecule has 1 heterocycles. The van der Waals surface area contributed by atoms with Crippen LogP contribution in [0, 0.1) is 0 Å². The first-order valence-corrected chi connectivity index (χ1v) is 11.1. The van der Waals surface area contributed by atoms with E-state index in [9.17, 15) is 8.42 Å². The molecule has 2 aromatic carbocycles. The van der Waals surface area contributed by atoms with E-state index >= 15 is 0 Å². The van der Waals surface area contributed by atoms with E-state index in [2.05, 4.69) is 4.90 Å². The van der Waals surface area contributed by atoms with Crippen molar-refractivity contribution in [3.8, 4) is 5.75 Å². The molecule has 1 saturated heterocycles. The first-order chi connectivity index (χ1) is 13.4. The minimum Gasteiger partial charge on any atom is -0.491 e. The molecule has 1 aliphatic rings. The zero-order valence-corrected chi connectivity index (χ0v) is 17.6. The summed E-state index contributed by atoms with van der Waals surface area (Å²) in [4.78, 5) is 2.24. The van der Waals surface area contributed by atoms with E-state index in [0.29, 0.717) is 43.5 Å². The maximum Gasteiger partial charge on any atom is 0.244 e. The predicted molar refractivity (Wildman–Crippen MR) is 110 cm³/mol. The highest BCUT2D eigenvalue weighted by molar-refractivity contribution is 7.89. The lowest BCUT2D eigenvalue weighted by Gasteiger charge is -2.34. The van der Waals surface area contributed by atoms with Gasteiger partial charge < -0.3 is 9.84 Å². The largest absolute Gasteiger partial charge is 0.491 e. The van der Waals surface area contributed by atoms with Gasteiger partial charge in [0.05, 0.1) is 11.6 Å². The molecule has 0 saturated carbocycles. The summed E-state index contributed by atoms with van der Waals surface area (Å²) in [6.07, 6.45) is 0. The number of halogens is 2. The Labute approximate surface area is 175 Å². The molecular formula is C19H22Cl2N2O4S. The Bertz CT molecular complexity index is 916. The van der Waals surface area contributed by atoms with Gasteiger partial charge in [-0.3, -0.25) is 4.90 Å². The maximum atomic E-state index is 12.9. The van der Waals surface area contributed by atoms with Gasteiger partial charge in [0.2, 0.25) is 10.0 Å². The van der Waals surface area contributed by atoms with Gasteiger partial charge in [-0.15, -0.1) is 0 Å². The van der Waals surface area contributed by atoms with Crippen molar-refractivity contribution >= 4 is 33.2 Å². The minimum atomic E-state index is -3.68. The minimum absolute atomic E-state index is 0.0305. The molecule has 0 aliphatic carbocycles. The van der Waals surface area contributed by atoms with Gasteiger partial charge in [0.15, 0.2) is 0 Å². The lowest BCUT2D eigenvalue weighted by atomic mass is 10.2. The maximum absolute atomic E-state index is 12.9. The Morgan fingerprint density at radius 2 is 1.79 bits per heavy atom. The summed E-state index contributed by atoms with van der Waals surface area (Å²) < 4.78 is 32.7. The normalized spacial score (nSPS) is 16.2. The molecule has 0 spiro atoms. The van der Waals surface area contributed by atoms with Gasteiger partial charge in [-0.2, -0.15) is 4.31 Å². The third kappa shape index (κ3) is 5.17. The SMILES string of the molecule is O=S(=O)(c1cc(Cl)ccc1Cl)N1CCN(Cc2cccc(OCCO)c2)CC1. The molecule has 0 atom stereocenters. The molecular weight excluding hydrogens is 423 g/mol. The molecule has 9 heteroatoms. The second-order valence-corrected chi connectivity index (χ2v) is 9.22. The summed E-state index contributed by atoms with van der Waals surface area (Å²) in [5.41, 5.74) is 1.07. The topological polar surface area (TPSA) is 70.1 Å². The van der Waals surface area contributed by atoms with Crippen LogP contribution in [0.2, 0.25) is 10.0 Å². The number of aliphatic hydroxyl groups is 1. The number of benzene rings is 2. The standard InChI is InChI=1S/C19H22Cl2N2O4S/c20-16-4-5-18(21)19(13-16)28(25,26)23-8-6-22(7-9-23)14-15-2-1-3-17(12-15)27-11-10-24/h1-5,12-13,24H,6-11,14H2. The van der Waals surface area contributed by atoms with E-state index in [1.807, 2.05) is 24.3 Å². The van der Waals surface area contributed by atoms with Crippen molar-refractivity contribution in [2.75, 3.05) is 39.4 Å². The fourth-order valence-electron chi connectivity index (χ4n) is 3.10. The van der Waals surface area contributed by atoms with E-state index in [-0.39, 0.29) is 23.1 Å². The van der Waals surface area contributed by atoms with Crippen molar-refractivity contribution in [3.63, 3.8) is 0 Å². The van der Waals surface area contributed by atoms with Crippen LogP contribution in [0.4, 0.5) is 0 Å². The molecule has 0 amide bonds. The Morgan fingerprint density at radius 3 is 2.50 bits per heavy atom. The molecule has 0 radical (unpaired) electrons. The lowest BCUT2D eigenvalue weighted by Crippen LogP contribution is -2.48. The lowest BCUT2D eigenvalue weighted by molar-refractivity contribution is 0.181. The number of rotatable bonds is 7. The van der Waals surface area contributed by atoms with Crippen molar-refractivity contribution in [3.05, 3.63) is 58.1 Å². The van der Waals surface area contributed by atoms with Crippen LogP contribution in [0.1, 0.15) is 5.56 Å². The van der Waals surface area contributed by atoms with Gasteiger partial charge in [-0.05, 0) is 35.9 Å². The summed E-state index contributed by atoms with van der Waals surface area (Å²) in [5, 5.41) is 9.37. The molecule has 0 aromatic heterocycles. The number of sulfonamides is 1. The Balaban J connectivity index is 1.62. The third-order valence-electron chi connectivity index (χ3n) is 4.51. The first kappa shape index (κ1) is 21.4. The number of hydrogen-bond acceptors (Lipinski definition) is 5. The van der Waals surface area contributed by atoms with Gasteiger partial charge in [-0.1, -0.05) is 35.3 Å². The van der Waals surface area contributed by atoms with Gasteiger partial charge in [-0.25, -0.2) is 8.42 Å². The van der Waals surface area contributed by atoms with Crippen molar-refractivity contribution in [1.82, 2.24) is 9.21 Å². The highest BCUT2D eigenvalue weighted by Gasteiger charge is 2.30. The van der Waals surface area contributed by atoms with Crippen LogP contribution in [0.15, 0.2) is 47.4 Å². The van der Waals surface area contributed by atoms with E-state index in [1.165, 1.54) is 16.4 Å².